The van der Waals surface area contributed by atoms with Gasteiger partial charge >= 0.3 is 0 Å². The van der Waals surface area contributed by atoms with Crippen LogP contribution < -0.4 is 10.6 Å². The fraction of sp³-hybridized carbons (Fsp3) is 0.667. The maximum Gasteiger partial charge on any atom is 0.239 e. The van der Waals surface area contributed by atoms with Crippen molar-refractivity contribution in [3.8, 4) is 0 Å². The molecular weight excluding hydrogens is 216 g/mol. The lowest BCUT2D eigenvalue weighted by Crippen LogP contribution is -2.29. The van der Waals surface area contributed by atoms with Gasteiger partial charge in [0, 0.05) is 25.0 Å². The maximum absolute atomic E-state index is 11.6. The summed E-state index contributed by atoms with van der Waals surface area (Å²) >= 11 is 0. The molecule has 0 aromatic carbocycles. The highest BCUT2D eigenvalue weighted by Gasteiger charge is 2.20. The number of imidazole rings is 1. The number of carbonyl (C=O) groups is 1. The van der Waals surface area contributed by atoms with E-state index >= 15 is 0 Å². The number of hydrogen-bond acceptors (Lipinski definition) is 3. The molecule has 0 bridgehead atoms. The zero-order valence-corrected chi connectivity index (χ0v) is 10.3. The summed E-state index contributed by atoms with van der Waals surface area (Å²) in [7, 11) is 0. The van der Waals surface area contributed by atoms with E-state index in [2.05, 4.69) is 15.6 Å². The lowest BCUT2D eigenvalue weighted by atomic mass is 10.4. The van der Waals surface area contributed by atoms with E-state index in [4.69, 9.17) is 0 Å². The molecule has 0 radical (unpaired) electrons. The van der Waals surface area contributed by atoms with Crippen LogP contribution in [-0.4, -0.2) is 28.0 Å². The van der Waals surface area contributed by atoms with Crippen LogP contribution in [0.4, 0.5) is 0 Å². The van der Waals surface area contributed by atoms with E-state index in [9.17, 15) is 4.79 Å². The molecule has 0 saturated heterocycles. The Morgan fingerprint density at radius 3 is 3.12 bits per heavy atom. The van der Waals surface area contributed by atoms with Gasteiger partial charge in [0.05, 0.1) is 6.54 Å². The Kier molecular flexibility index (Phi) is 4.14. The SMILES string of the molecule is CCCNC(=O)Cn1ccnc1CNC1CC1. The van der Waals surface area contributed by atoms with Crippen LogP contribution in [0.25, 0.3) is 0 Å². The Labute approximate surface area is 102 Å². The maximum atomic E-state index is 11.6. The summed E-state index contributed by atoms with van der Waals surface area (Å²) in [5.74, 6) is 0.987. The van der Waals surface area contributed by atoms with Crippen LogP contribution in [0.5, 0.6) is 0 Å². The van der Waals surface area contributed by atoms with Gasteiger partial charge in [-0.15, -0.1) is 0 Å². The molecule has 1 aliphatic rings. The zero-order chi connectivity index (χ0) is 12.1. The summed E-state index contributed by atoms with van der Waals surface area (Å²) in [5.41, 5.74) is 0. The minimum atomic E-state index is 0.0533. The van der Waals surface area contributed by atoms with Crippen LogP contribution in [0.3, 0.4) is 0 Å². The molecule has 17 heavy (non-hydrogen) atoms. The first-order chi connectivity index (χ1) is 8.29. The van der Waals surface area contributed by atoms with Crippen LogP contribution in [0.15, 0.2) is 12.4 Å². The van der Waals surface area contributed by atoms with Gasteiger partial charge in [-0.3, -0.25) is 4.79 Å². The molecule has 94 valence electrons. The normalized spacial score (nSPS) is 14.9. The number of hydrogen-bond donors (Lipinski definition) is 2. The lowest BCUT2D eigenvalue weighted by molar-refractivity contribution is -0.121. The molecule has 1 fully saturated rings. The second kappa shape index (κ2) is 5.82. The molecule has 0 spiro atoms. The Bertz CT molecular complexity index is 370. The van der Waals surface area contributed by atoms with Gasteiger partial charge in [0.25, 0.3) is 0 Å². The summed E-state index contributed by atoms with van der Waals surface area (Å²) in [6.45, 7) is 3.89. The summed E-state index contributed by atoms with van der Waals surface area (Å²) in [5, 5.41) is 6.27. The van der Waals surface area contributed by atoms with Crippen LogP contribution in [0.2, 0.25) is 0 Å². The second-order valence-electron chi connectivity index (χ2n) is 4.48. The van der Waals surface area contributed by atoms with Crippen molar-refractivity contribution in [1.82, 2.24) is 20.2 Å². The van der Waals surface area contributed by atoms with Crippen molar-refractivity contribution in [3.63, 3.8) is 0 Å². The molecule has 5 nitrogen and oxygen atoms in total. The Morgan fingerprint density at radius 2 is 2.41 bits per heavy atom. The van der Waals surface area contributed by atoms with Crippen molar-refractivity contribution >= 4 is 5.91 Å². The summed E-state index contributed by atoms with van der Waals surface area (Å²) in [6.07, 6.45) is 7.09. The summed E-state index contributed by atoms with van der Waals surface area (Å²) in [4.78, 5) is 15.9. The Balaban J connectivity index is 1.81. The van der Waals surface area contributed by atoms with Gasteiger partial charge in [-0.1, -0.05) is 6.92 Å². The predicted octanol–water partition coefficient (Wildman–Crippen LogP) is 0.661. The largest absolute Gasteiger partial charge is 0.355 e. The van der Waals surface area contributed by atoms with Gasteiger partial charge in [0.1, 0.15) is 12.4 Å². The van der Waals surface area contributed by atoms with Gasteiger partial charge in [-0.05, 0) is 19.3 Å². The molecule has 0 aliphatic heterocycles. The van der Waals surface area contributed by atoms with Crippen LogP contribution in [0, 0.1) is 0 Å². The van der Waals surface area contributed by atoms with E-state index in [0.717, 1.165) is 25.3 Å². The van der Waals surface area contributed by atoms with Crippen molar-refractivity contribution in [2.75, 3.05) is 6.54 Å². The van der Waals surface area contributed by atoms with E-state index in [1.165, 1.54) is 12.8 Å². The molecule has 0 atom stereocenters. The van der Waals surface area contributed by atoms with E-state index in [0.29, 0.717) is 12.6 Å². The third-order valence-corrected chi connectivity index (χ3v) is 2.81. The number of amides is 1. The third kappa shape index (κ3) is 3.85. The van der Waals surface area contributed by atoms with Crippen LogP contribution in [-0.2, 0) is 17.9 Å². The fourth-order valence-electron chi connectivity index (χ4n) is 1.65. The fourth-order valence-corrected chi connectivity index (χ4v) is 1.65. The van der Waals surface area contributed by atoms with Gasteiger partial charge in [-0.2, -0.15) is 0 Å². The molecule has 1 aromatic heterocycles. The molecule has 0 unspecified atom stereocenters. The van der Waals surface area contributed by atoms with Gasteiger partial charge in [0.2, 0.25) is 5.91 Å². The average Bonchev–Trinajstić information content (AvgIpc) is 3.05. The van der Waals surface area contributed by atoms with Crippen LogP contribution in [0.1, 0.15) is 32.0 Å². The molecular formula is C12H20N4O. The molecule has 1 amide bonds. The molecule has 1 saturated carbocycles. The number of aromatic nitrogens is 2. The highest BCUT2D eigenvalue weighted by molar-refractivity contribution is 5.75. The van der Waals surface area contributed by atoms with Crippen molar-refractivity contribution in [3.05, 3.63) is 18.2 Å². The first-order valence-electron chi connectivity index (χ1n) is 6.29. The van der Waals surface area contributed by atoms with Crippen molar-refractivity contribution in [2.24, 2.45) is 0 Å². The minimum absolute atomic E-state index is 0.0533. The van der Waals surface area contributed by atoms with E-state index < -0.39 is 0 Å². The van der Waals surface area contributed by atoms with Crippen LogP contribution >= 0.6 is 0 Å². The molecule has 1 aliphatic carbocycles. The van der Waals surface area contributed by atoms with Gasteiger partial charge in [0.15, 0.2) is 0 Å². The molecule has 2 N–H and O–H groups in total. The van der Waals surface area contributed by atoms with Gasteiger partial charge < -0.3 is 15.2 Å². The zero-order valence-electron chi connectivity index (χ0n) is 10.3. The Hall–Kier alpha value is -1.36. The first kappa shape index (κ1) is 12.1. The number of nitrogens with zero attached hydrogens (tertiary/aromatic N) is 2. The molecule has 5 heteroatoms. The lowest BCUT2D eigenvalue weighted by Gasteiger charge is -2.08. The van der Waals surface area contributed by atoms with E-state index in [-0.39, 0.29) is 5.91 Å². The smallest absolute Gasteiger partial charge is 0.239 e. The number of nitrogens with one attached hydrogen (secondary N) is 2. The van der Waals surface area contributed by atoms with Crippen molar-refractivity contribution < 1.29 is 4.79 Å². The summed E-state index contributed by atoms with van der Waals surface area (Å²) in [6, 6.07) is 0.661. The predicted molar refractivity (Wildman–Crippen MR) is 65.4 cm³/mol. The van der Waals surface area contributed by atoms with Gasteiger partial charge in [-0.25, -0.2) is 4.98 Å². The molecule has 2 rings (SSSR count). The molecule has 1 heterocycles. The average molecular weight is 236 g/mol. The number of carbonyl (C=O) groups excluding carboxylic acids is 1. The Morgan fingerprint density at radius 1 is 1.59 bits per heavy atom. The molecule has 1 aromatic rings. The third-order valence-electron chi connectivity index (χ3n) is 2.81. The standard InChI is InChI=1S/C12H20N4O/c1-2-5-14-12(17)9-16-7-6-13-11(16)8-15-10-3-4-10/h6-7,10,15H,2-5,8-9H2,1H3,(H,14,17). The second-order valence-corrected chi connectivity index (χ2v) is 4.48. The van der Waals surface area contributed by atoms with E-state index in [1.54, 1.807) is 6.20 Å². The first-order valence-corrected chi connectivity index (χ1v) is 6.29. The monoisotopic (exact) mass is 236 g/mol. The topological polar surface area (TPSA) is 59.0 Å². The quantitative estimate of drug-likeness (QED) is 0.731. The number of rotatable bonds is 7. The highest BCUT2D eigenvalue weighted by atomic mass is 16.1. The van der Waals surface area contributed by atoms with Crippen molar-refractivity contribution in [1.29, 1.82) is 0 Å². The minimum Gasteiger partial charge on any atom is -0.355 e. The van der Waals surface area contributed by atoms with E-state index in [1.807, 2.05) is 17.7 Å². The highest BCUT2D eigenvalue weighted by Crippen LogP contribution is 2.18. The summed E-state index contributed by atoms with van der Waals surface area (Å²) < 4.78 is 1.90. The van der Waals surface area contributed by atoms with Crippen molar-refractivity contribution in [2.45, 2.75) is 45.3 Å².